The van der Waals surface area contributed by atoms with Crippen LogP contribution in [0.3, 0.4) is 0 Å². The number of fused-ring (bicyclic) bond motifs is 1. The number of carbonyl (C=O) groups is 1. The molecular weight excluding hydrogens is 518 g/mol. The van der Waals surface area contributed by atoms with E-state index in [4.69, 9.17) is 14.7 Å². The van der Waals surface area contributed by atoms with Crippen molar-refractivity contribution in [3.63, 3.8) is 0 Å². The number of rotatable bonds is 8. The lowest BCUT2D eigenvalue weighted by Gasteiger charge is -2.42. The van der Waals surface area contributed by atoms with E-state index in [9.17, 15) is 15.2 Å². The summed E-state index contributed by atoms with van der Waals surface area (Å²) < 4.78 is 6.26. The number of benzene rings is 1. The van der Waals surface area contributed by atoms with Crippen molar-refractivity contribution in [1.29, 1.82) is 5.26 Å². The third kappa shape index (κ3) is 6.02. The minimum atomic E-state index is -0.397. The summed E-state index contributed by atoms with van der Waals surface area (Å²) in [5.74, 6) is 0.535. The molecule has 3 aliphatic heterocycles. The van der Waals surface area contributed by atoms with Gasteiger partial charge in [-0.05, 0) is 63.9 Å². The molecule has 1 aromatic heterocycles. The number of aryl methyl sites for hydroxylation is 1. The molecule has 1 N–H and O–H groups in total. The second-order valence-electron chi connectivity index (χ2n) is 11.5. The summed E-state index contributed by atoms with van der Waals surface area (Å²) in [5.41, 5.74) is 5.96. The van der Waals surface area contributed by atoms with Gasteiger partial charge in [0.2, 0.25) is 0 Å². The number of aliphatic hydroxyl groups excluding tert-OH is 1. The number of nitriles is 1. The third-order valence-corrected chi connectivity index (χ3v) is 8.88. The number of piperazine rings is 1. The third-order valence-electron chi connectivity index (χ3n) is 8.88. The minimum absolute atomic E-state index is 0.139. The van der Waals surface area contributed by atoms with Gasteiger partial charge in [0.05, 0.1) is 37.4 Å². The molecule has 10 nitrogen and oxygen atoms in total. The van der Waals surface area contributed by atoms with Crippen LogP contribution < -0.4 is 14.5 Å². The van der Waals surface area contributed by atoms with Crippen molar-refractivity contribution in [2.45, 2.75) is 58.2 Å². The first-order valence-electron chi connectivity index (χ1n) is 14.6. The molecule has 41 heavy (non-hydrogen) atoms. The van der Waals surface area contributed by atoms with Crippen LogP contribution in [0, 0.1) is 25.2 Å². The summed E-state index contributed by atoms with van der Waals surface area (Å²) in [6, 6.07) is 9.04. The number of ether oxygens (including phenoxy) is 1. The van der Waals surface area contributed by atoms with E-state index in [1.165, 1.54) is 16.8 Å². The van der Waals surface area contributed by atoms with Crippen LogP contribution in [0.2, 0.25) is 0 Å². The Bertz CT molecular complexity index is 1340. The fourth-order valence-electron chi connectivity index (χ4n) is 6.22. The van der Waals surface area contributed by atoms with E-state index >= 15 is 0 Å². The van der Waals surface area contributed by atoms with Crippen molar-refractivity contribution in [3.8, 4) is 12.1 Å². The van der Waals surface area contributed by atoms with Crippen LogP contribution >= 0.6 is 0 Å². The van der Waals surface area contributed by atoms with Gasteiger partial charge in [-0.25, -0.2) is 0 Å². The van der Waals surface area contributed by atoms with Crippen LogP contribution in [0.5, 0.6) is 6.01 Å². The zero-order chi connectivity index (χ0) is 29.1. The average Bonchev–Trinajstić information content (AvgIpc) is 3.40. The lowest BCUT2D eigenvalue weighted by atomic mass is 10.0. The van der Waals surface area contributed by atoms with Gasteiger partial charge >= 0.3 is 6.01 Å². The number of nitrogens with zero attached hydrogens (tertiary/aromatic N) is 7. The molecule has 2 saturated heterocycles. The molecule has 0 saturated carbocycles. The smallest absolute Gasteiger partial charge is 0.318 e. The standard InChI is InChI=1S/C31H41N7O3/c1-21-7-5-9-28(23(21)3)36-14-11-26-27(18-36)33-31(41-20-25-8-6-13-35(25)4)34-29(26)37-15-16-38(24(17-37)10-12-32)30(40)22(2)19-39/h5,7,9,24-25,39H,2,6,8,10-11,13-20H2,1,3-4H3. The van der Waals surface area contributed by atoms with Crippen LogP contribution in [0.1, 0.15) is 41.6 Å². The van der Waals surface area contributed by atoms with Crippen molar-refractivity contribution in [1.82, 2.24) is 19.8 Å². The van der Waals surface area contributed by atoms with Crippen molar-refractivity contribution in [2.24, 2.45) is 0 Å². The number of likely N-dealkylation sites (tertiary alicyclic amines) is 1. The van der Waals surface area contributed by atoms with Gasteiger partial charge < -0.3 is 29.4 Å². The van der Waals surface area contributed by atoms with Gasteiger partial charge in [0, 0.05) is 49.0 Å². The van der Waals surface area contributed by atoms with Gasteiger partial charge in [-0.2, -0.15) is 15.2 Å². The average molecular weight is 560 g/mol. The van der Waals surface area contributed by atoms with E-state index in [1.807, 2.05) is 0 Å². The summed E-state index contributed by atoms with van der Waals surface area (Å²) in [6.45, 7) is 12.2. The maximum absolute atomic E-state index is 12.9. The second kappa shape index (κ2) is 12.5. The number of likely N-dealkylation sites (N-methyl/N-ethyl adjacent to an activating group) is 1. The lowest BCUT2D eigenvalue weighted by Crippen LogP contribution is -2.56. The number of hydrogen-bond donors (Lipinski definition) is 1. The lowest BCUT2D eigenvalue weighted by molar-refractivity contribution is -0.130. The van der Waals surface area contributed by atoms with Gasteiger partial charge in [0.15, 0.2) is 0 Å². The highest BCUT2D eigenvalue weighted by Crippen LogP contribution is 2.34. The molecule has 4 heterocycles. The number of aliphatic hydroxyl groups is 1. The Morgan fingerprint density at radius 2 is 2.00 bits per heavy atom. The quantitative estimate of drug-likeness (QED) is 0.488. The van der Waals surface area contributed by atoms with E-state index < -0.39 is 6.61 Å². The highest BCUT2D eigenvalue weighted by molar-refractivity contribution is 5.93. The Morgan fingerprint density at radius 1 is 1.17 bits per heavy atom. The number of amides is 1. The summed E-state index contributed by atoms with van der Waals surface area (Å²) >= 11 is 0. The largest absolute Gasteiger partial charge is 0.462 e. The van der Waals surface area contributed by atoms with Gasteiger partial charge in [0.25, 0.3) is 5.91 Å². The predicted molar refractivity (Wildman–Crippen MR) is 158 cm³/mol. The van der Waals surface area contributed by atoms with Crippen LogP contribution in [-0.2, 0) is 17.8 Å². The van der Waals surface area contributed by atoms with Gasteiger partial charge in [-0.3, -0.25) is 4.79 Å². The SMILES string of the molecule is C=C(CO)C(=O)N1CCN(c2nc(OCC3CCCN3C)nc3c2CCN(c2cccc(C)c2C)C3)CC1CC#N. The Hall–Kier alpha value is -3.68. The molecule has 2 aromatic rings. The molecule has 10 heteroatoms. The van der Waals surface area contributed by atoms with E-state index in [1.54, 1.807) is 4.90 Å². The summed E-state index contributed by atoms with van der Waals surface area (Å²) in [7, 11) is 2.13. The van der Waals surface area contributed by atoms with Crippen LogP contribution in [0.25, 0.3) is 0 Å². The zero-order valence-corrected chi connectivity index (χ0v) is 24.5. The van der Waals surface area contributed by atoms with E-state index in [0.29, 0.717) is 44.8 Å². The van der Waals surface area contributed by atoms with Crippen molar-refractivity contribution in [2.75, 3.05) is 62.8 Å². The van der Waals surface area contributed by atoms with E-state index in [2.05, 4.69) is 66.4 Å². The summed E-state index contributed by atoms with van der Waals surface area (Å²) in [6.07, 6.45) is 3.23. The first kappa shape index (κ1) is 28.8. The molecule has 3 aliphatic rings. The molecule has 0 spiro atoms. The van der Waals surface area contributed by atoms with Crippen molar-refractivity contribution in [3.05, 3.63) is 52.7 Å². The molecule has 5 rings (SSSR count). The topological polar surface area (TPSA) is 109 Å². The molecule has 2 fully saturated rings. The monoisotopic (exact) mass is 559 g/mol. The first-order chi connectivity index (χ1) is 19.8. The van der Waals surface area contributed by atoms with Gasteiger partial charge in [-0.15, -0.1) is 0 Å². The van der Waals surface area contributed by atoms with Crippen LogP contribution in [0.15, 0.2) is 30.4 Å². The molecule has 1 amide bonds. The number of aromatic nitrogens is 2. The first-order valence-corrected chi connectivity index (χ1v) is 14.6. The van der Waals surface area contributed by atoms with Crippen molar-refractivity contribution < 1.29 is 14.6 Å². The molecular formula is C31H41N7O3. The molecule has 218 valence electrons. The summed E-state index contributed by atoms with van der Waals surface area (Å²) in [4.78, 5) is 31.3. The predicted octanol–water partition coefficient (Wildman–Crippen LogP) is 2.61. The highest BCUT2D eigenvalue weighted by Gasteiger charge is 2.35. The molecule has 2 unspecified atom stereocenters. The zero-order valence-electron chi connectivity index (χ0n) is 24.5. The van der Waals surface area contributed by atoms with Gasteiger partial charge in [0.1, 0.15) is 12.4 Å². The van der Waals surface area contributed by atoms with E-state index in [0.717, 1.165) is 49.4 Å². The number of carbonyl (C=O) groups excluding carboxylic acids is 1. The van der Waals surface area contributed by atoms with Crippen molar-refractivity contribution >= 4 is 17.4 Å². The highest BCUT2D eigenvalue weighted by atomic mass is 16.5. The van der Waals surface area contributed by atoms with E-state index in [-0.39, 0.29) is 23.9 Å². The molecule has 2 atom stereocenters. The normalized spacial score (nSPS) is 21.0. The van der Waals surface area contributed by atoms with Crippen LogP contribution in [0.4, 0.5) is 11.5 Å². The maximum atomic E-state index is 12.9. The Labute approximate surface area is 242 Å². The Morgan fingerprint density at radius 3 is 2.73 bits per heavy atom. The Balaban J connectivity index is 1.45. The molecule has 0 aliphatic carbocycles. The second-order valence-corrected chi connectivity index (χ2v) is 11.5. The maximum Gasteiger partial charge on any atom is 0.318 e. The molecule has 0 radical (unpaired) electrons. The molecule has 1 aromatic carbocycles. The van der Waals surface area contributed by atoms with Gasteiger partial charge in [-0.1, -0.05) is 18.7 Å². The fraction of sp³-hybridized carbons (Fsp3) is 0.548. The number of hydrogen-bond acceptors (Lipinski definition) is 9. The fourth-order valence-corrected chi connectivity index (χ4v) is 6.22. The van der Waals surface area contributed by atoms with Crippen LogP contribution in [-0.4, -0.2) is 95.9 Å². The number of anilines is 2. The Kier molecular flexibility index (Phi) is 8.76. The molecule has 0 bridgehead atoms. The minimum Gasteiger partial charge on any atom is -0.462 e. The summed E-state index contributed by atoms with van der Waals surface area (Å²) in [5, 5.41) is 19.0.